The summed E-state index contributed by atoms with van der Waals surface area (Å²) in [5.41, 5.74) is 1.51. The Balaban J connectivity index is 1.38. The first kappa shape index (κ1) is 18.6. The average molecular weight is 398 g/mol. The summed E-state index contributed by atoms with van der Waals surface area (Å²) in [5.74, 6) is -0.575. The van der Waals surface area contributed by atoms with Gasteiger partial charge in [0.2, 0.25) is 0 Å². The lowest BCUT2D eigenvalue weighted by atomic mass is 10.1. The van der Waals surface area contributed by atoms with Crippen LogP contribution in [0.25, 0.3) is 10.1 Å². The first-order chi connectivity index (χ1) is 13.6. The maximum absolute atomic E-state index is 13.8. The van der Waals surface area contributed by atoms with Crippen molar-refractivity contribution in [1.29, 1.82) is 0 Å². The van der Waals surface area contributed by atoms with Gasteiger partial charge in [-0.3, -0.25) is 9.59 Å². The zero-order valence-electron chi connectivity index (χ0n) is 15.1. The van der Waals surface area contributed by atoms with Crippen LogP contribution >= 0.6 is 11.3 Å². The molecule has 2 amide bonds. The molecular weight excluding hydrogens is 379 g/mol. The van der Waals surface area contributed by atoms with E-state index in [-0.39, 0.29) is 17.6 Å². The summed E-state index contributed by atoms with van der Waals surface area (Å²) >= 11 is 1.26. The molecule has 1 fully saturated rings. The molecule has 0 atom stereocenters. The lowest BCUT2D eigenvalue weighted by molar-refractivity contribution is 0.0303. The Labute approximate surface area is 165 Å². The average Bonchev–Trinajstić information content (AvgIpc) is 3.18. The highest BCUT2D eigenvalue weighted by Gasteiger charge is 2.18. The number of amides is 2. The summed E-state index contributed by atoms with van der Waals surface area (Å²) in [4.78, 5) is 27.1. The number of nitrogens with one attached hydrogen (secondary N) is 1. The quantitative estimate of drug-likeness (QED) is 0.732. The molecule has 0 saturated carbocycles. The molecule has 4 rings (SSSR count). The van der Waals surface area contributed by atoms with Crippen molar-refractivity contribution >= 4 is 33.2 Å². The van der Waals surface area contributed by atoms with E-state index in [2.05, 4.69) is 5.32 Å². The third kappa shape index (κ3) is 3.90. The van der Waals surface area contributed by atoms with E-state index in [9.17, 15) is 14.0 Å². The molecule has 0 bridgehead atoms. The number of hydrogen-bond acceptors (Lipinski definition) is 4. The number of rotatable bonds is 4. The lowest BCUT2D eigenvalue weighted by Gasteiger charge is -2.26. The molecule has 28 heavy (non-hydrogen) atoms. The van der Waals surface area contributed by atoms with E-state index in [1.807, 2.05) is 12.1 Å². The molecule has 3 aromatic rings. The number of ether oxygens (including phenoxy) is 1. The van der Waals surface area contributed by atoms with Gasteiger partial charge in [-0.15, -0.1) is 11.3 Å². The topological polar surface area (TPSA) is 58.6 Å². The van der Waals surface area contributed by atoms with Gasteiger partial charge in [0.25, 0.3) is 11.8 Å². The summed E-state index contributed by atoms with van der Waals surface area (Å²) in [6.45, 7) is 2.68. The zero-order chi connectivity index (χ0) is 19.5. The molecule has 1 saturated heterocycles. The highest BCUT2D eigenvalue weighted by atomic mass is 32.1. The van der Waals surface area contributed by atoms with E-state index in [1.54, 1.807) is 35.2 Å². The number of hydrogen-bond donors (Lipinski definition) is 1. The maximum Gasteiger partial charge on any atom is 0.261 e. The van der Waals surface area contributed by atoms with Crippen LogP contribution in [0, 0.1) is 5.82 Å². The number of halogens is 1. The van der Waals surface area contributed by atoms with Gasteiger partial charge in [0.15, 0.2) is 0 Å². The van der Waals surface area contributed by atoms with Gasteiger partial charge in [0.05, 0.1) is 18.1 Å². The Kier molecular flexibility index (Phi) is 5.36. The fourth-order valence-corrected chi connectivity index (χ4v) is 4.11. The van der Waals surface area contributed by atoms with Gasteiger partial charge < -0.3 is 15.0 Å². The lowest BCUT2D eigenvalue weighted by Crippen LogP contribution is -2.40. The number of fused-ring (bicyclic) bond motifs is 1. The zero-order valence-corrected chi connectivity index (χ0v) is 15.9. The number of nitrogens with zero attached hydrogens (tertiary/aromatic N) is 1. The van der Waals surface area contributed by atoms with Crippen LogP contribution in [-0.2, 0) is 11.3 Å². The van der Waals surface area contributed by atoms with Crippen LogP contribution in [0.15, 0.2) is 48.5 Å². The first-order valence-corrected chi connectivity index (χ1v) is 9.86. The molecular formula is C21H19FN2O3S. The van der Waals surface area contributed by atoms with Crippen LogP contribution in [0.4, 0.5) is 4.39 Å². The molecule has 144 valence electrons. The SMILES string of the molecule is O=C(NCc1ccc(C(=O)N2CCOCC2)cc1)c1cc2c(F)cccc2s1. The van der Waals surface area contributed by atoms with E-state index in [4.69, 9.17) is 4.74 Å². The third-order valence-electron chi connectivity index (χ3n) is 4.68. The van der Waals surface area contributed by atoms with E-state index < -0.39 is 0 Å². The summed E-state index contributed by atoms with van der Waals surface area (Å²) < 4.78 is 19.8. The van der Waals surface area contributed by atoms with Crippen LogP contribution in [0.1, 0.15) is 25.6 Å². The van der Waals surface area contributed by atoms with Crippen molar-refractivity contribution in [2.45, 2.75) is 6.54 Å². The largest absolute Gasteiger partial charge is 0.378 e. The third-order valence-corrected chi connectivity index (χ3v) is 5.78. The predicted octanol–water partition coefficient (Wildman–Crippen LogP) is 3.44. The smallest absolute Gasteiger partial charge is 0.261 e. The first-order valence-electron chi connectivity index (χ1n) is 9.04. The molecule has 1 N–H and O–H groups in total. The molecule has 0 aliphatic carbocycles. The molecule has 5 nitrogen and oxygen atoms in total. The van der Waals surface area contributed by atoms with Crippen molar-refractivity contribution in [2.24, 2.45) is 0 Å². The number of benzene rings is 2. The summed E-state index contributed by atoms with van der Waals surface area (Å²) in [7, 11) is 0. The number of morpholine rings is 1. The van der Waals surface area contributed by atoms with Gasteiger partial charge in [-0.1, -0.05) is 18.2 Å². The molecule has 2 aromatic carbocycles. The van der Waals surface area contributed by atoms with Crippen LogP contribution in [0.3, 0.4) is 0 Å². The number of carbonyl (C=O) groups is 2. The summed E-state index contributed by atoms with van der Waals surface area (Å²) in [6.07, 6.45) is 0. The molecule has 0 unspecified atom stereocenters. The Hall–Kier alpha value is -2.77. The Bertz CT molecular complexity index is 1010. The molecule has 1 aliphatic heterocycles. The van der Waals surface area contributed by atoms with E-state index >= 15 is 0 Å². The van der Waals surface area contributed by atoms with Gasteiger partial charge in [0, 0.05) is 35.3 Å². The highest BCUT2D eigenvalue weighted by Crippen LogP contribution is 2.27. The Morgan fingerprint density at radius 1 is 1.11 bits per heavy atom. The van der Waals surface area contributed by atoms with Crippen LogP contribution in [-0.4, -0.2) is 43.0 Å². The molecule has 1 aliphatic rings. The van der Waals surface area contributed by atoms with Gasteiger partial charge in [-0.25, -0.2) is 4.39 Å². The van der Waals surface area contributed by atoms with Crippen molar-refractivity contribution in [3.8, 4) is 0 Å². The van der Waals surface area contributed by atoms with Crippen LogP contribution in [0.5, 0.6) is 0 Å². The number of thiophene rings is 1. The maximum atomic E-state index is 13.8. The van der Waals surface area contributed by atoms with Crippen molar-refractivity contribution < 1.29 is 18.7 Å². The minimum atomic E-state index is -0.326. The summed E-state index contributed by atoms with van der Waals surface area (Å²) in [6, 6.07) is 13.6. The Morgan fingerprint density at radius 3 is 2.57 bits per heavy atom. The van der Waals surface area contributed by atoms with Crippen molar-refractivity contribution in [1.82, 2.24) is 10.2 Å². The van der Waals surface area contributed by atoms with Gasteiger partial charge in [0.1, 0.15) is 5.82 Å². The Morgan fingerprint density at radius 2 is 1.86 bits per heavy atom. The fourth-order valence-electron chi connectivity index (χ4n) is 3.12. The fraction of sp³-hybridized carbons (Fsp3) is 0.238. The molecule has 7 heteroatoms. The predicted molar refractivity (Wildman–Crippen MR) is 106 cm³/mol. The van der Waals surface area contributed by atoms with E-state index in [1.165, 1.54) is 17.4 Å². The molecule has 2 heterocycles. The highest BCUT2D eigenvalue weighted by molar-refractivity contribution is 7.20. The minimum absolute atomic E-state index is 0.00816. The van der Waals surface area contributed by atoms with Gasteiger partial charge >= 0.3 is 0 Å². The summed E-state index contributed by atoms with van der Waals surface area (Å²) in [5, 5.41) is 3.31. The monoisotopic (exact) mass is 398 g/mol. The second kappa shape index (κ2) is 8.08. The van der Waals surface area contributed by atoms with Crippen molar-refractivity contribution in [2.75, 3.05) is 26.3 Å². The second-order valence-corrected chi connectivity index (χ2v) is 7.63. The van der Waals surface area contributed by atoms with E-state index in [0.717, 1.165) is 10.3 Å². The van der Waals surface area contributed by atoms with Crippen molar-refractivity contribution in [3.63, 3.8) is 0 Å². The second-order valence-electron chi connectivity index (χ2n) is 6.55. The standard InChI is InChI=1S/C21H19FN2O3S/c22-17-2-1-3-18-16(17)12-19(28-18)20(25)23-13-14-4-6-15(7-5-14)21(26)24-8-10-27-11-9-24/h1-7,12H,8-11,13H2,(H,23,25). The van der Waals surface area contributed by atoms with Crippen molar-refractivity contribution in [3.05, 3.63) is 70.4 Å². The molecule has 0 spiro atoms. The van der Waals surface area contributed by atoms with Crippen LogP contribution < -0.4 is 5.32 Å². The van der Waals surface area contributed by atoms with E-state index in [0.29, 0.717) is 48.7 Å². The van der Waals surface area contributed by atoms with Gasteiger partial charge in [-0.2, -0.15) is 0 Å². The molecule has 0 radical (unpaired) electrons. The van der Waals surface area contributed by atoms with Crippen LogP contribution in [0.2, 0.25) is 0 Å². The van der Waals surface area contributed by atoms with Gasteiger partial charge in [-0.05, 0) is 35.9 Å². The normalized spacial score (nSPS) is 14.2. The minimum Gasteiger partial charge on any atom is -0.378 e. The number of carbonyl (C=O) groups excluding carboxylic acids is 2. The molecule has 1 aromatic heterocycles.